The van der Waals surface area contributed by atoms with Gasteiger partial charge in [-0.15, -0.1) is 0 Å². The number of ether oxygens (including phenoxy) is 2. The highest BCUT2D eigenvalue weighted by atomic mass is 79.9. The Morgan fingerprint density at radius 3 is 2.68 bits per heavy atom. The highest BCUT2D eigenvalue weighted by molar-refractivity contribution is 9.10. The van der Waals surface area contributed by atoms with Crippen molar-refractivity contribution in [2.75, 3.05) is 6.61 Å². The molecule has 0 bridgehead atoms. The molecular weight excluding hydrogens is 318 g/mol. The molecule has 0 heterocycles. The van der Waals surface area contributed by atoms with Gasteiger partial charge in [0.05, 0.1) is 16.0 Å². The lowest BCUT2D eigenvalue weighted by Crippen LogP contribution is -2.29. The number of halogens is 1. The standard InChI is InChI=1S/C12H14BrNO5/c1-3-10(12(15)18-4-2)19-11-8(13)6-5-7-9(11)14(16)17/h5-7,10H,3-4H2,1-2H3. The van der Waals surface area contributed by atoms with Crippen LogP contribution in [-0.2, 0) is 9.53 Å². The van der Waals surface area contributed by atoms with E-state index in [1.165, 1.54) is 12.1 Å². The lowest BCUT2D eigenvalue weighted by atomic mass is 10.2. The summed E-state index contributed by atoms with van der Waals surface area (Å²) >= 11 is 3.18. The number of nitrogens with zero attached hydrogens (tertiary/aromatic N) is 1. The minimum atomic E-state index is -0.864. The van der Waals surface area contributed by atoms with Crippen molar-refractivity contribution in [3.63, 3.8) is 0 Å². The second kappa shape index (κ2) is 7.08. The Kier molecular flexibility index (Phi) is 5.75. The topological polar surface area (TPSA) is 78.7 Å². The van der Waals surface area contributed by atoms with Crippen LogP contribution in [0.5, 0.6) is 5.75 Å². The van der Waals surface area contributed by atoms with E-state index < -0.39 is 17.0 Å². The Bertz CT molecular complexity index is 477. The Hall–Kier alpha value is -1.63. The van der Waals surface area contributed by atoms with Gasteiger partial charge in [0.15, 0.2) is 6.10 Å². The normalized spacial score (nSPS) is 11.7. The number of benzene rings is 1. The van der Waals surface area contributed by atoms with Crippen LogP contribution in [0.15, 0.2) is 22.7 Å². The molecule has 0 saturated heterocycles. The van der Waals surface area contributed by atoms with Crippen LogP contribution in [0.1, 0.15) is 20.3 Å². The van der Waals surface area contributed by atoms with E-state index in [2.05, 4.69) is 15.9 Å². The number of carbonyl (C=O) groups is 1. The van der Waals surface area contributed by atoms with Crippen LogP contribution in [0, 0.1) is 10.1 Å². The lowest BCUT2D eigenvalue weighted by Gasteiger charge is -2.16. The number of nitro groups is 1. The van der Waals surface area contributed by atoms with Crippen LogP contribution in [0.25, 0.3) is 0 Å². The highest BCUT2D eigenvalue weighted by Gasteiger charge is 2.26. The Morgan fingerprint density at radius 1 is 1.47 bits per heavy atom. The molecule has 0 N–H and O–H groups in total. The lowest BCUT2D eigenvalue weighted by molar-refractivity contribution is -0.386. The summed E-state index contributed by atoms with van der Waals surface area (Å²) in [5.41, 5.74) is -0.197. The second-order valence-corrected chi connectivity index (χ2v) is 4.47. The molecule has 1 aromatic carbocycles. The molecular formula is C12H14BrNO5. The second-order valence-electron chi connectivity index (χ2n) is 3.61. The van der Waals surface area contributed by atoms with Crippen molar-refractivity contribution in [3.05, 3.63) is 32.8 Å². The maximum absolute atomic E-state index is 11.6. The summed E-state index contributed by atoms with van der Waals surface area (Å²) in [6.45, 7) is 3.66. The van der Waals surface area contributed by atoms with Gasteiger partial charge in [0.1, 0.15) is 0 Å². The molecule has 0 spiro atoms. The fourth-order valence-electron chi connectivity index (χ4n) is 1.43. The largest absolute Gasteiger partial charge is 0.471 e. The molecule has 1 unspecified atom stereocenters. The first-order valence-electron chi connectivity index (χ1n) is 5.77. The van der Waals surface area contributed by atoms with Gasteiger partial charge in [-0.1, -0.05) is 13.0 Å². The molecule has 0 fully saturated rings. The number of esters is 1. The fraction of sp³-hybridized carbons (Fsp3) is 0.417. The van der Waals surface area contributed by atoms with E-state index in [1.54, 1.807) is 19.9 Å². The molecule has 1 atom stereocenters. The number of para-hydroxylation sites is 1. The molecule has 0 aliphatic rings. The smallest absolute Gasteiger partial charge is 0.347 e. The maximum atomic E-state index is 11.6. The van der Waals surface area contributed by atoms with Gasteiger partial charge in [-0.2, -0.15) is 0 Å². The van der Waals surface area contributed by atoms with Crippen LogP contribution in [-0.4, -0.2) is 23.6 Å². The van der Waals surface area contributed by atoms with Crippen molar-refractivity contribution in [1.82, 2.24) is 0 Å². The number of carbonyl (C=O) groups excluding carboxylic acids is 1. The van der Waals surface area contributed by atoms with Crippen molar-refractivity contribution in [2.45, 2.75) is 26.4 Å². The van der Waals surface area contributed by atoms with Crippen LogP contribution < -0.4 is 4.74 Å². The zero-order valence-corrected chi connectivity index (χ0v) is 12.2. The monoisotopic (exact) mass is 331 g/mol. The zero-order valence-electron chi connectivity index (χ0n) is 10.6. The van der Waals surface area contributed by atoms with Crippen molar-refractivity contribution in [1.29, 1.82) is 0 Å². The molecule has 0 aromatic heterocycles. The molecule has 0 aliphatic carbocycles. The summed E-state index contributed by atoms with van der Waals surface area (Å²) in [4.78, 5) is 22.0. The van der Waals surface area contributed by atoms with Gasteiger partial charge in [0, 0.05) is 6.07 Å². The van der Waals surface area contributed by atoms with Crippen LogP contribution in [0.3, 0.4) is 0 Å². The van der Waals surface area contributed by atoms with E-state index in [-0.39, 0.29) is 18.0 Å². The molecule has 0 aliphatic heterocycles. The van der Waals surface area contributed by atoms with Crippen molar-refractivity contribution in [3.8, 4) is 5.75 Å². The quantitative estimate of drug-likeness (QED) is 0.454. The molecule has 104 valence electrons. The summed E-state index contributed by atoms with van der Waals surface area (Å²) in [6, 6.07) is 4.46. The van der Waals surface area contributed by atoms with Crippen molar-refractivity contribution < 1.29 is 19.2 Å². The van der Waals surface area contributed by atoms with Gasteiger partial charge < -0.3 is 9.47 Å². The number of rotatable bonds is 6. The van der Waals surface area contributed by atoms with Crippen LogP contribution >= 0.6 is 15.9 Å². The van der Waals surface area contributed by atoms with E-state index in [4.69, 9.17) is 9.47 Å². The van der Waals surface area contributed by atoms with E-state index in [0.29, 0.717) is 10.9 Å². The fourth-order valence-corrected chi connectivity index (χ4v) is 1.88. The summed E-state index contributed by atoms with van der Waals surface area (Å²) in [5, 5.41) is 10.9. The molecule has 19 heavy (non-hydrogen) atoms. The zero-order chi connectivity index (χ0) is 14.4. The van der Waals surface area contributed by atoms with Gasteiger partial charge in [-0.25, -0.2) is 4.79 Å². The molecule has 0 amide bonds. The van der Waals surface area contributed by atoms with Gasteiger partial charge >= 0.3 is 11.7 Å². The first-order valence-corrected chi connectivity index (χ1v) is 6.56. The minimum absolute atomic E-state index is 0.0346. The number of nitro benzene ring substituents is 1. The summed E-state index contributed by atoms with van der Waals surface area (Å²) < 4.78 is 10.7. The van der Waals surface area contributed by atoms with Crippen molar-refractivity contribution >= 4 is 27.6 Å². The molecule has 6 nitrogen and oxygen atoms in total. The van der Waals surface area contributed by atoms with E-state index in [1.807, 2.05) is 0 Å². The number of hydrogen-bond donors (Lipinski definition) is 0. The van der Waals surface area contributed by atoms with Gasteiger partial charge in [0.2, 0.25) is 5.75 Å². The first-order chi connectivity index (χ1) is 9.01. The molecule has 1 aromatic rings. The molecule has 1 rings (SSSR count). The van der Waals surface area contributed by atoms with Gasteiger partial charge in [0.25, 0.3) is 0 Å². The third-order valence-electron chi connectivity index (χ3n) is 2.32. The predicted octanol–water partition coefficient (Wildman–Crippen LogP) is 3.08. The summed E-state index contributed by atoms with van der Waals surface area (Å²) in [7, 11) is 0. The van der Waals surface area contributed by atoms with Crippen molar-refractivity contribution in [2.24, 2.45) is 0 Å². The average Bonchev–Trinajstić information content (AvgIpc) is 2.37. The highest BCUT2D eigenvalue weighted by Crippen LogP contribution is 2.35. The number of hydrogen-bond acceptors (Lipinski definition) is 5. The van der Waals surface area contributed by atoms with Gasteiger partial charge in [-0.3, -0.25) is 10.1 Å². The summed E-state index contributed by atoms with van der Waals surface area (Å²) in [5.74, 6) is -0.498. The first kappa shape index (κ1) is 15.4. The summed E-state index contributed by atoms with van der Waals surface area (Å²) in [6.07, 6.45) is -0.505. The van der Waals surface area contributed by atoms with Gasteiger partial charge in [-0.05, 0) is 35.3 Å². The average molecular weight is 332 g/mol. The molecule has 0 saturated carbocycles. The van der Waals surface area contributed by atoms with Crippen LogP contribution in [0.2, 0.25) is 0 Å². The third kappa shape index (κ3) is 3.92. The Labute approximate surface area is 119 Å². The Balaban J connectivity index is 3.03. The Morgan fingerprint density at radius 2 is 2.16 bits per heavy atom. The molecule has 7 heteroatoms. The molecule has 0 radical (unpaired) electrons. The maximum Gasteiger partial charge on any atom is 0.347 e. The van der Waals surface area contributed by atoms with E-state index in [0.717, 1.165) is 0 Å². The minimum Gasteiger partial charge on any atom is -0.471 e. The SMILES string of the molecule is CCOC(=O)C(CC)Oc1c(Br)cccc1[N+](=O)[O-]. The van der Waals surface area contributed by atoms with Crippen LogP contribution in [0.4, 0.5) is 5.69 Å². The van der Waals surface area contributed by atoms with E-state index >= 15 is 0 Å². The predicted molar refractivity (Wildman–Crippen MR) is 72.1 cm³/mol. The third-order valence-corrected chi connectivity index (χ3v) is 2.95. The van der Waals surface area contributed by atoms with E-state index in [9.17, 15) is 14.9 Å².